The smallest absolute Gasteiger partial charge is 0.277 e. The first-order valence-corrected chi connectivity index (χ1v) is 9.12. The van der Waals surface area contributed by atoms with Crippen molar-refractivity contribution < 1.29 is 9.21 Å². The quantitative estimate of drug-likeness (QED) is 0.775. The number of thioether (sulfide) groups is 1. The third kappa shape index (κ3) is 3.96. The summed E-state index contributed by atoms with van der Waals surface area (Å²) in [5.74, 6) is 0.615. The van der Waals surface area contributed by atoms with E-state index >= 15 is 0 Å². The highest BCUT2D eigenvalue weighted by atomic mass is 32.2. The molecule has 1 aliphatic heterocycles. The maximum absolute atomic E-state index is 12.6. The van der Waals surface area contributed by atoms with Crippen molar-refractivity contribution in [3.63, 3.8) is 0 Å². The Balaban J connectivity index is 1.58. The van der Waals surface area contributed by atoms with E-state index in [4.69, 9.17) is 4.42 Å². The number of benzene rings is 1. The minimum absolute atomic E-state index is 0.134. The van der Waals surface area contributed by atoms with Gasteiger partial charge in [-0.05, 0) is 25.6 Å². The molecule has 1 saturated heterocycles. The number of rotatable bonds is 5. The maximum Gasteiger partial charge on any atom is 0.277 e. The first kappa shape index (κ1) is 17.0. The number of carbonyl (C=O) groups is 1. The third-order valence-electron chi connectivity index (χ3n) is 4.18. The van der Waals surface area contributed by atoms with Crippen molar-refractivity contribution in [1.29, 1.82) is 0 Å². The van der Waals surface area contributed by atoms with Crippen LogP contribution in [0.5, 0.6) is 0 Å². The highest BCUT2D eigenvalue weighted by molar-refractivity contribution is 8.00. The summed E-state index contributed by atoms with van der Waals surface area (Å²) < 4.78 is 5.67. The second-order valence-electron chi connectivity index (χ2n) is 5.76. The van der Waals surface area contributed by atoms with Gasteiger partial charge in [0.05, 0.1) is 5.25 Å². The summed E-state index contributed by atoms with van der Waals surface area (Å²) in [7, 11) is 0. The van der Waals surface area contributed by atoms with Crippen LogP contribution in [0.2, 0.25) is 0 Å². The molecule has 0 bridgehead atoms. The molecule has 0 aliphatic carbocycles. The van der Waals surface area contributed by atoms with Gasteiger partial charge < -0.3 is 14.2 Å². The highest BCUT2D eigenvalue weighted by Gasteiger charge is 2.26. The lowest BCUT2D eigenvalue weighted by Crippen LogP contribution is -2.50. The number of carbonyl (C=O) groups excluding carboxylic acids is 1. The summed E-state index contributed by atoms with van der Waals surface area (Å²) in [6.07, 6.45) is 0. The van der Waals surface area contributed by atoms with Crippen molar-refractivity contribution in [3.8, 4) is 11.5 Å². The van der Waals surface area contributed by atoms with Crippen LogP contribution in [0, 0.1) is 0 Å². The average molecular weight is 346 g/mol. The number of hydrogen-bond acceptors (Lipinski definition) is 6. The Morgan fingerprint density at radius 3 is 2.58 bits per heavy atom. The van der Waals surface area contributed by atoms with Gasteiger partial charge in [-0.25, -0.2) is 0 Å². The fraction of sp³-hybridized carbons (Fsp3) is 0.471. The Kier molecular flexibility index (Phi) is 5.52. The SMILES string of the molecule is CCN1CCN(C(=O)[C@@H](C)Sc2nnc(-c3ccccc3)o2)CC1. The number of likely N-dealkylation sites (N-methyl/N-ethyl adjacent to an activating group) is 1. The zero-order valence-electron chi connectivity index (χ0n) is 14.0. The normalized spacial score (nSPS) is 17.0. The molecule has 2 heterocycles. The molecule has 1 aromatic heterocycles. The molecule has 128 valence electrons. The molecule has 1 amide bonds. The van der Waals surface area contributed by atoms with Gasteiger partial charge in [0.15, 0.2) is 0 Å². The highest BCUT2D eigenvalue weighted by Crippen LogP contribution is 2.27. The van der Waals surface area contributed by atoms with Gasteiger partial charge in [-0.2, -0.15) is 0 Å². The van der Waals surface area contributed by atoms with Crippen molar-refractivity contribution in [1.82, 2.24) is 20.0 Å². The van der Waals surface area contributed by atoms with Gasteiger partial charge in [-0.15, -0.1) is 10.2 Å². The van der Waals surface area contributed by atoms with E-state index in [2.05, 4.69) is 22.0 Å². The summed E-state index contributed by atoms with van der Waals surface area (Å²) in [4.78, 5) is 16.9. The van der Waals surface area contributed by atoms with Gasteiger partial charge in [-0.3, -0.25) is 4.79 Å². The molecule has 2 aromatic rings. The van der Waals surface area contributed by atoms with Crippen LogP contribution in [-0.2, 0) is 4.79 Å². The molecule has 1 aromatic carbocycles. The van der Waals surface area contributed by atoms with Crippen molar-refractivity contribution in [3.05, 3.63) is 30.3 Å². The van der Waals surface area contributed by atoms with E-state index < -0.39 is 0 Å². The number of amides is 1. The Hall–Kier alpha value is -1.86. The predicted molar refractivity (Wildman–Crippen MR) is 93.7 cm³/mol. The fourth-order valence-electron chi connectivity index (χ4n) is 2.70. The molecule has 0 N–H and O–H groups in total. The van der Waals surface area contributed by atoms with Crippen molar-refractivity contribution in [2.24, 2.45) is 0 Å². The van der Waals surface area contributed by atoms with E-state index in [0.717, 1.165) is 38.3 Å². The molecular weight excluding hydrogens is 324 g/mol. The molecular formula is C17H22N4O2S. The van der Waals surface area contributed by atoms with Gasteiger partial charge in [-0.1, -0.05) is 36.9 Å². The number of aromatic nitrogens is 2. The van der Waals surface area contributed by atoms with E-state index in [1.807, 2.05) is 42.2 Å². The zero-order valence-corrected chi connectivity index (χ0v) is 14.8. The summed E-state index contributed by atoms with van der Waals surface area (Å²) in [6, 6.07) is 9.63. The Morgan fingerprint density at radius 1 is 1.21 bits per heavy atom. The summed E-state index contributed by atoms with van der Waals surface area (Å²) in [5, 5.41) is 8.31. The lowest BCUT2D eigenvalue weighted by atomic mass is 10.2. The number of nitrogens with zero attached hydrogens (tertiary/aromatic N) is 4. The van der Waals surface area contributed by atoms with Crippen LogP contribution in [0.25, 0.3) is 11.5 Å². The third-order valence-corrected chi connectivity index (χ3v) is 5.11. The molecule has 1 aliphatic rings. The van der Waals surface area contributed by atoms with Crippen molar-refractivity contribution in [2.75, 3.05) is 32.7 Å². The van der Waals surface area contributed by atoms with Gasteiger partial charge >= 0.3 is 0 Å². The van der Waals surface area contributed by atoms with Crippen molar-refractivity contribution >= 4 is 17.7 Å². The second kappa shape index (κ2) is 7.81. The molecule has 0 radical (unpaired) electrons. The van der Waals surface area contributed by atoms with Gasteiger partial charge in [0.25, 0.3) is 5.22 Å². The topological polar surface area (TPSA) is 62.5 Å². The van der Waals surface area contributed by atoms with E-state index in [0.29, 0.717) is 11.1 Å². The predicted octanol–water partition coefficient (Wildman–Crippen LogP) is 2.38. The Labute approximate surface area is 146 Å². The Bertz CT molecular complexity index is 668. The van der Waals surface area contributed by atoms with Crippen LogP contribution in [0.4, 0.5) is 0 Å². The van der Waals surface area contributed by atoms with E-state index in [1.165, 1.54) is 11.8 Å². The van der Waals surface area contributed by atoms with E-state index in [1.54, 1.807) is 0 Å². The molecule has 0 unspecified atom stereocenters. The van der Waals surface area contributed by atoms with Crippen LogP contribution in [0.15, 0.2) is 40.0 Å². The lowest BCUT2D eigenvalue weighted by Gasteiger charge is -2.35. The van der Waals surface area contributed by atoms with Crippen LogP contribution in [-0.4, -0.2) is 63.9 Å². The largest absolute Gasteiger partial charge is 0.411 e. The summed E-state index contributed by atoms with van der Waals surface area (Å²) in [5.41, 5.74) is 0.881. The summed E-state index contributed by atoms with van der Waals surface area (Å²) >= 11 is 1.32. The zero-order chi connectivity index (χ0) is 16.9. The standard InChI is InChI=1S/C17H22N4O2S/c1-3-20-9-11-21(12-10-20)16(22)13(2)24-17-19-18-15(23-17)14-7-5-4-6-8-14/h4-8,13H,3,9-12H2,1-2H3/t13-/m1/s1. The molecule has 1 atom stereocenters. The van der Waals surface area contributed by atoms with Gasteiger partial charge in [0, 0.05) is 31.7 Å². The van der Waals surface area contributed by atoms with Crippen LogP contribution in [0.3, 0.4) is 0 Å². The monoisotopic (exact) mass is 346 g/mol. The molecule has 1 fully saturated rings. The van der Waals surface area contributed by atoms with E-state index in [9.17, 15) is 4.79 Å². The minimum atomic E-state index is -0.234. The van der Waals surface area contributed by atoms with Crippen LogP contribution < -0.4 is 0 Å². The Morgan fingerprint density at radius 2 is 1.92 bits per heavy atom. The average Bonchev–Trinajstić information content (AvgIpc) is 3.10. The number of hydrogen-bond donors (Lipinski definition) is 0. The lowest BCUT2D eigenvalue weighted by molar-refractivity contribution is -0.132. The molecule has 24 heavy (non-hydrogen) atoms. The van der Waals surface area contributed by atoms with Gasteiger partial charge in [0.1, 0.15) is 0 Å². The molecule has 3 rings (SSSR count). The minimum Gasteiger partial charge on any atom is -0.411 e. The second-order valence-corrected chi connectivity index (χ2v) is 7.05. The fourth-order valence-corrected chi connectivity index (χ4v) is 3.47. The van der Waals surface area contributed by atoms with Crippen LogP contribution >= 0.6 is 11.8 Å². The van der Waals surface area contributed by atoms with Crippen molar-refractivity contribution in [2.45, 2.75) is 24.3 Å². The molecule has 6 nitrogen and oxygen atoms in total. The summed E-state index contributed by atoms with van der Waals surface area (Å²) in [6.45, 7) is 8.54. The first-order chi connectivity index (χ1) is 11.7. The number of piperazine rings is 1. The van der Waals surface area contributed by atoms with E-state index in [-0.39, 0.29) is 11.2 Å². The molecule has 0 saturated carbocycles. The van der Waals surface area contributed by atoms with Gasteiger partial charge in [0.2, 0.25) is 11.8 Å². The first-order valence-electron chi connectivity index (χ1n) is 8.24. The maximum atomic E-state index is 12.6. The van der Waals surface area contributed by atoms with Crippen LogP contribution in [0.1, 0.15) is 13.8 Å². The molecule has 7 heteroatoms. The molecule has 0 spiro atoms.